The van der Waals surface area contributed by atoms with E-state index in [0.29, 0.717) is 11.4 Å². The van der Waals surface area contributed by atoms with Crippen LogP contribution in [0.4, 0.5) is 5.69 Å². The van der Waals surface area contributed by atoms with Crippen LogP contribution >= 0.6 is 11.8 Å². The van der Waals surface area contributed by atoms with Gasteiger partial charge >= 0.3 is 5.97 Å². The molecule has 2 rings (SSSR count). The van der Waals surface area contributed by atoms with Crippen LogP contribution in [0.5, 0.6) is 0 Å². The number of hydrogen-bond donors (Lipinski definition) is 2. The van der Waals surface area contributed by atoms with Crippen molar-refractivity contribution in [2.75, 3.05) is 12.8 Å². The molecule has 0 aliphatic rings. The summed E-state index contributed by atoms with van der Waals surface area (Å²) in [4.78, 5) is 12.3. The Morgan fingerprint density at radius 1 is 1.35 bits per heavy atom. The molecule has 0 aliphatic carbocycles. The van der Waals surface area contributed by atoms with Crippen molar-refractivity contribution in [2.24, 2.45) is 0 Å². The van der Waals surface area contributed by atoms with E-state index in [4.69, 9.17) is 10.2 Å². The number of aliphatic hydroxyl groups excluding tert-OH is 1. The number of esters is 1. The van der Waals surface area contributed by atoms with E-state index < -0.39 is 17.3 Å². The Hall–Kier alpha value is -1.92. The topological polar surface area (TPSA) is 85.7 Å². The average Bonchev–Trinajstić information content (AvgIpc) is 2.99. The number of nitrogen functional groups attached to an aromatic ring is 1. The molecule has 5 nitrogen and oxygen atoms in total. The molecule has 1 aromatic heterocycles. The standard InChI is InChI=1S/C14H15NO4S/c1-18-14(17)12(16)13(10-6-4-8-19-10)20-11-7-3-2-5-9(11)15/h2-8,12-13,16H,15H2,1H3/t12-,13-/m1/s1. The summed E-state index contributed by atoms with van der Waals surface area (Å²) in [6.07, 6.45) is 0.150. The molecule has 106 valence electrons. The van der Waals surface area contributed by atoms with Gasteiger partial charge in [0.1, 0.15) is 11.0 Å². The molecule has 2 atom stereocenters. The largest absolute Gasteiger partial charge is 0.468 e. The molecule has 3 N–H and O–H groups in total. The van der Waals surface area contributed by atoms with Crippen molar-refractivity contribution < 1.29 is 19.1 Å². The minimum absolute atomic E-state index is 0.483. The molecular formula is C14H15NO4S. The summed E-state index contributed by atoms with van der Waals surface area (Å²) >= 11 is 1.26. The molecule has 0 bridgehead atoms. The Labute approximate surface area is 120 Å². The summed E-state index contributed by atoms with van der Waals surface area (Å²) in [5.41, 5.74) is 6.46. The quantitative estimate of drug-likeness (QED) is 0.499. The summed E-state index contributed by atoms with van der Waals surface area (Å²) in [6.45, 7) is 0. The van der Waals surface area contributed by atoms with Crippen molar-refractivity contribution in [3.05, 3.63) is 48.4 Å². The van der Waals surface area contributed by atoms with E-state index in [-0.39, 0.29) is 0 Å². The van der Waals surface area contributed by atoms with Gasteiger partial charge in [-0.2, -0.15) is 0 Å². The molecule has 6 heteroatoms. The zero-order valence-corrected chi connectivity index (χ0v) is 11.7. The van der Waals surface area contributed by atoms with E-state index in [1.165, 1.54) is 25.1 Å². The second-order valence-corrected chi connectivity index (χ2v) is 5.24. The number of methoxy groups -OCH3 is 1. The van der Waals surface area contributed by atoms with Gasteiger partial charge in [0.2, 0.25) is 0 Å². The monoisotopic (exact) mass is 293 g/mol. The van der Waals surface area contributed by atoms with Crippen molar-refractivity contribution in [3.63, 3.8) is 0 Å². The van der Waals surface area contributed by atoms with Crippen molar-refractivity contribution in [3.8, 4) is 0 Å². The number of hydrogen-bond acceptors (Lipinski definition) is 6. The Morgan fingerprint density at radius 3 is 2.70 bits per heavy atom. The number of ether oxygens (including phenoxy) is 1. The van der Waals surface area contributed by atoms with Gasteiger partial charge in [0.05, 0.1) is 13.4 Å². The summed E-state index contributed by atoms with van der Waals surface area (Å²) < 4.78 is 9.88. The fraction of sp³-hybridized carbons (Fsp3) is 0.214. The highest BCUT2D eigenvalue weighted by Gasteiger charge is 2.31. The van der Waals surface area contributed by atoms with Crippen LogP contribution in [-0.4, -0.2) is 24.3 Å². The van der Waals surface area contributed by atoms with Crippen LogP contribution in [0.15, 0.2) is 52.0 Å². The number of carbonyl (C=O) groups excluding carboxylic acids is 1. The van der Waals surface area contributed by atoms with Crippen LogP contribution in [0.25, 0.3) is 0 Å². The van der Waals surface area contributed by atoms with Crippen LogP contribution in [0.1, 0.15) is 11.0 Å². The smallest absolute Gasteiger partial charge is 0.336 e. The van der Waals surface area contributed by atoms with Crippen LogP contribution in [0.3, 0.4) is 0 Å². The number of para-hydroxylation sites is 1. The number of rotatable bonds is 5. The predicted octanol–water partition coefficient (Wildman–Crippen LogP) is 2.23. The number of benzene rings is 1. The molecule has 2 aromatic rings. The molecule has 20 heavy (non-hydrogen) atoms. The molecule has 0 saturated heterocycles. The molecule has 1 heterocycles. The number of anilines is 1. The highest BCUT2D eigenvalue weighted by Crippen LogP contribution is 2.40. The van der Waals surface area contributed by atoms with Crippen molar-refractivity contribution in [1.82, 2.24) is 0 Å². The maximum Gasteiger partial charge on any atom is 0.336 e. The van der Waals surface area contributed by atoms with E-state index in [1.54, 1.807) is 18.2 Å². The lowest BCUT2D eigenvalue weighted by Crippen LogP contribution is -2.27. The third-order valence-corrected chi connectivity index (χ3v) is 4.10. The van der Waals surface area contributed by atoms with E-state index in [9.17, 15) is 9.90 Å². The average molecular weight is 293 g/mol. The molecule has 0 saturated carbocycles. The maximum atomic E-state index is 11.6. The van der Waals surface area contributed by atoms with Gasteiger partial charge in [-0.1, -0.05) is 12.1 Å². The van der Waals surface area contributed by atoms with E-state index in [0.717, 1.165) is 4.90 Å². The lowest BCUT2D eigenvalue weighted by molar-refractivity contribution is -0.150. The minimum atomic E-state index is -1.34. The normalized spacial score (nSPS) is 13.7. The Balaban J connectivity index is 2.28. The molecular weight excluding hydrogens is 278 g/mol. The molecule has 0 radical (unpaired) electrons. The Morgan fingerprint density at radius 2 is 2.10 bits per heavy atom. The molecule has 0 unspecified atom stereocenters. The summed E-state index contributed by atoms with van der Waals surface area (Å²) in [5, 5.41) is 9.48. The SMILES string of the molecule is COC(=O)[C@H](O)[C@H](Sc1ccccc1N)c1ccco1. The van der Waals surface area contributed by atoms with E-state index >= 15 is 0 Å². The highest BCUT2D eigenvalue weighted by molar-refractivity contribution is 7.99. The Bertz CT molecular complexity index is 570. The number of furan rings is 1. The number of aliphatic hydroxyl groups is 1. The van der Waals surface area contributed by atoms with Crippen molar-refractivity contribution >= 4 is 23.4 Å². The molecule has 0 fully saturated rings. The molecule has 0 spiro atoms. The van der Waals surface area contributed by atoms with Crippen LogP contribution in [-0.2, 0) is 9.53 Å². The molecule has 0 amide bonds. The zero-order chi connectivity index (χ0) is 14.5. The highest BCUT2D eigenvalue weighted by atomic mass is 32.2. The first kappa shape index (κ1) is 14.5. The van der Waals surface area contributed by atoms with Crippen LogP contribution in [0.2, 0.25) is 0 Å². The fourth-order valence-corrected chi connectivity index (χ4v) is 2.83. The lowest BCUT2D eigenvalue weighted by Gasteiger charge is -2.19. The van der Waals surface area contributed by atoms with Crippen LogP contribution < -0.4 is 5.73 Å². The van der Waals surface area contributed by atoms with Gasteiger partial charge in [0.25, 0.3) is 0 Å². The van der Waals surface area contributed by atoms with Crippen molar-refractivity contribution in [1.29, 1.82) is 0 Å². The second-order valence-electron chi connectivity index (χ2n) is 4.06. The lowest BCUT2D eigenvalue weighted by atomic mass is 10.2. The van der Waals surface area contributed by atoms with Gasteiger partial charge in [0, 0.05) is 10.6 Å². The van der Waals surface area contributed by atoms with E-state index in [2.05, 4.69) is 4.74 Å². The van der Waals surface area contributed by atoms with Gasteiger partial charge in [-0.05, 0) is 24.3 Å². The first-order valence-electron chi connectivity index (χ1n) is 5.94. The summed E-state index contributed by atoms with van der Waals surface area (Å²) in [5.74, 6) is -0.232. The Kier molecular flexibility index (Phi) is 4.70. The summed E-state index contributed by atoms with van der Waals surface area (Å²) in [6, 6.07) is 10.6. The fourth-order valence-electron chi connectivity index (χ4n) is 1.70. The maximum absolute atomic E-state index is 11.6. The number of nitrogens with two attached hydrogens (primary N) is 1. The van der Waals surface area contributed by atoms with Gasteiger partial charge in [-0.3, -0.25) is 0 Å². The van der Waals surface area contributed by atoms with Gasteiger partial charge in [-0.15, -0.1) is 11.8 Å². The first-order chi connectivity index (χ1) is 9.63. The molecule has 0 aliphatic heterocycles. The molecule has 1 aromatic carbocycles. The first-order valence-corrected chi connectivity index (χ1v) is 6.82. The van der Waals surface area contributed by atoms with Gasteiger partial charge in [-0.25, -0.2) is 4.79 Å². The van der Waals surface area contributed by atoms with Gasteiger partial charge in [0.15, 0.2) is 6.10 Å². The van der Waals surface area contributed by atoms with E-state index in [1.807, 2.05) is 18.2 Å². The zero-order valence-electron chi connectivity index (χ0n) is 10.9. The minimum Gasteiger partial charge on any atom is -0.468 e. The number of carbonyl (C=O) groups is 1. The number of thioether (sulfide) groups is 1. The van der Waals surface area contributed by atoms with Crippen molar-refractivity contribution in [2.45, 2.75) is 16.2 Å². The second kappa shape index (κ2) is 6.49. The predicted molar refractivity (Wildman–Crippen MR) is 76.2 cm³/mol. The van der Waals surface area contributed by atoms with Crippen LogP contribution in [0, 0.1) is 0 Å². The summed E-state index contributed by atoms with van der Waals surface area (Å²) in [7, 11) is 1.23. The van der Waals surface area contributed by atoms with Gasteiger partial charge < -0.3 is 20.0 Å². The third kappa shape index (κ3) is 3.15. The third-order valence-electron chi connectivity index (χ3n) is 2.73.